The minimum Gasteiger partial charge on any atom is -0.491 e. The third-order valence-electron chi connectivity index (χ3n) is 2.80. The van der Waals surface area contributed by atoms with Crippen LogP contribution in [0.3, 0.4) is 0 Å². The van der Waals surface area contributed by atoms with Gasteiger partial charge in [-0.05, 0) is 22.4 Å². The van der Waals surface area contributed by atoms with E-state index in [0.717, 1.165) is 17.6 Å². The maximum absolute atomic E-state index is 11.0. The summed E-state index contributed by atoms with van der Waals surface area (Å²) < 4.78 is 16.9. The summed E-state index contributed by atoms with van der Waals surface area (Å²) in [5.74, 6) is 0.795. The number of ether oxygens (including phenoxy) is 2. The zero-order valence-corrected chi connectivity index (χ0v) is 10.8. The topological polar surface area (TPSA) is 47.8 Å². The van der Waals surface area contributed by atoms with Crippen molar-refractivity contribution in [1.82, 2.24) is 0 Å². The molecule has 99 valence electrons. The number of hydroxylamine groups is 1. The highest BCUT2D eigenvalue weighted by atomic mass is 16.6. The largest absolute Gasteiger partial charge is 0.585 e. The van der Waals surface area contributed by atoms with Crippen LogP contribution in [0.1, 0.15) is 5.56 Å². The molecule has 6 heteroatoms. The van der Waals surface area contributed by atoms with Crippen molar-refractivity contribution in [2.45, 2.75) is 12.5 Å². The zero-order chi connectivity index (χ0) is 13.5. The maximum Gasteiger partial charge on any atom is 0.585 e. The average molecular weight is 261 g/mol. The molecule has 1 aromatic rings. The highest BCUT2D eigenvalue weighted by Gasteiger charge is 2.30. The van der Waals surface area contributed by atoms with Crippen LogP contribution in [0.2, 0.25) is 0 Å². The normalized spacial score (nSPS) is 14.5. The third kappa shape index (κ3) is 3.82. The number of nitrogens with zero attached hydrogens (tertiary/aromatic N) is 1. The molecule has 2 rings (SSSR count). The number of hydrogen-bond acceptors (Lipinski definition) is 4. The predicted octanol–water partition coefficient (Wildman–Crippen LogP) is 0.427. The zero-order valence-electron chi connectivity index (χ0n) is 10.8. The van der Waals surface area contributed by atoms with Gasteiger partial charge in [0.25, 0.3) is 6.04 Å². The van der Waals surface area contributed by atoms with Gasteiger partial charge in [-0.25, -0.2) is 0 Å². The number of aldehydes is 1. The van der Waals surface area contributed by atoms with Crippen molar-refractivity contribution >= 4 is 19.9 Å². The van der Waals surface area contributed by atoms with E-state index in [-0.39, 0.29) is 6.04 Å². The monoisotopic (exact) mass is 261 g/mol. The van der Waals surface area contributed by atoms with Gasteiger partial charge in [-0.15, -0.1) is 0 Å². The van der Waals surface area contributed by atoms with Crippen LogP contribution >= 0.6 is 0 Å². The van der Waals surface area contributed by atoms with Crippen molar-refractivity contribution < 1.29 is 23.8 Å². The van der Waals surface area contributed by atoms with Crippen LogP contribution in [-0.4, -0.2) is 51.0 Å². The van der Waals surface area contributed by atoms with Crippen molar-refractivity contribution in [3.63, 3.8) is 0 Å². The summed E-state index contributed by atoms with van der Waals surface area (Å²) in [5, 5.41) is 0. The van der Waals surface area contributed by atoms with Gasteiger partial charge < -0.3 is 14.2 Å². The molecule has 0 saturated carbocycles. The molecular weight excluding hydrogens is 245 g/mol. The van der Waals surface area contributed by atoms with Gasteiger partial charge in [0.15, 0.2) is 6.29 Å². The van der Waals surface area contributed by atoms with Gasteiger partial charge in [0, 0.05) is 13.5 Å². The first-order valence-corrected chi connectivity index (χ1v) is 6.11. The molecule has 1 aliphatic heterocycles. The molecule has 1 aliphatic rings. The second kappa shape index (κ2) is 6.94. The Bertz CT molecular complexity index is 446. The Balaban J connectivity index is 1.88. The molecule has 0 bridgehead atoms. The van der Waals surface area contributed by atoms with Crippen LogP contribution in [0.4, 0.5) is 0 Å². The molecule has 5 nitrogen and oxygen atoms in total. The van der Waals surface area contributed by atoms with Gasteiger partial charge in [0.05, 0.1) is 6.61 Å². The molecule has 1 unspecified atom stereocenters. The average Bonchev–Trinajstić information content (AvgIpc) is 2.38. The molecule has 1 atom stereocenters. The van der Waals surface area contributed by atoms with E-state index in [2.05, 4.69) is 0 Å². The van der Waals surface area contributed by atoms with Gasteiger partial charge >= 0.3 is 7.48 Å². The number of rotatable bonds is 8. The van der Waals surface area contributed by atoms with Crippen molar-refractivity contribution in [3.8, 4) is 5.75 Å². The van der Waals surface area contributed by atoms with Gasteiger partial charge in [-0.3, -0.25) is 4.79 Å². The van der Waals surface area contributed by atoms with E-state index in [4.69, 9.17) is 14.2 Å². The number of methoxy groups -OCH3 is 1. The number of hydrogen-bond donors (Lipinski definition) is 0. The van der Waals surface area contributed by atoms with Crippen LogP contribution in [0.25, 0.3) is 0 Å². The number of benzene rings is 1. The Hall–Kier alpha value is -1.82. The molecule has 0 aliphatic carbocycles. The summed E-state index contributed by atoms with van der Waals surface area (Å²) >= 11 is 0. The highest BCUT2D eigenvalue weighted by molar-refractivity contribution is 6.62. The fraction of sp³-hybridized carbons (Fsp3) is 0.385. The third-order valence-corrected chi connectivity index (χ3v) is 2.80. The first kappa shape index (κ1) is 13.6. The molecular formula is C13H16BNO4+. The fourth-order valence-corrected chi connectivity index (χ4v) is 1.72. The van der Waals surface area contributed by atoms with Crippen molar-refractivity contribution in [1.29, 1.82) is 0 Å². The summed E-state index contributed by atoms with van der Waals surface area (Å²) in [6, 6.07) is 7.38. The van der Waals surface area contributed by atoms with Gasteiger partial charge in [0.1, 0.15) is 12.4 Å². The second-order valence-electron chi connectivity index (χ2n) is 4.14. The molecule has 0 saturated heterocycles. The van der Waals surface area contributed by atoms with Crippen LogP contribution in [-0.2, 0) is 20.7 Å². The van der Waals surface area contributed by atoms with Crippen LogP contribution < -0.4 is 4.74 Å². The molecule has 1 heterocycles. The van der Waals surface area contributed by atoms with E-state index < -0.39 is 0 Å². The summed E-state index contributed by atoms with van der Waals surface area (Å²) in [4.78, 5) is 11.0. The van der Waals surface area contributed by atoms with Gasteiger partial charge in [0.2, 0.25) is 6.11 Å². The minimum absolute atomic E-state index is 0.287. The van der Waals surface area contributed by atoms with Crippen LogP contribution in [0.5, 0.6) is 5.75 Å². The standard InChI is InChI=1S/C13H16BNO4/c1-17-6-7-18-13-4-2-11(3-5-13)8-12(9-16)15-10-14-19-15/h2-5,9-10,12H,6-8H2,1H3/q+1. The van der Waals surface area contributed by atoms with E-state index in [1.807, 2.05) is 24.3 Å². The summed E-state index contributed by atoms with van der Waals surface area (Å²) in [6.45, 7) is 1.09. The SMILES string of the molecule is COCCOc1ccc(CC(C=O)[N+]2=C[B]O2)cc1. The van der Waals surface area contributed by atoms with Crippen LogP contribution in [0.15, 0.2) is 24.3 Å². The first-order valence-electron chi connectivity index (χ1n) is 6.11. The van der Waals surface area contributed by atoms with Gasteiger partial charge in [-0.2, -0.15) is 0 Å². The van der Waals surface area contributed by atoms with Crippen molar-refractivity contribution in [3.05, 3.63) is 29.8 Å². The van der Waals surface area contributed by atoms with E-state index in [1.54, 1.807) is 20.7 Å². The summed E-state index contributed by atoms with van der Waals surface area (Å²) in [7, 11) is 3.18. The second-order valence-corrected chi connectivity index (χ2v) is 4.14. The maximum atomic E-state index is 11.0. The smallest absolute Gasteiger partial charge is 0.491 e. The Kier molecular flexibility index (Phi) is 4.97. The van der Waals surface area contributed by atoms with E-state index in [0.29, 0.717) is 19.6 Å². The Morgan fingerprint density at radius 3 is 2.63 bits per heavy atom. The van der Waals surface area contributed by atoms with E-state index in [1.165, 1.54) is 4.74 Å². The lowest BCUT2D eigenvalue weighted by molar-refractivity contribution is -0.774. The Morgan fingerprint density at radius 1 is 1.37 bits per heavy atom. The molecule has 1 aromatic carbocycles. The molecule has 0 amide bonds. The number of carbonyl (C=O) groups excluding carboxylic acids is 1. The summed E-state index contributed by atoms with van der Waals surface area (Å²) in [5.41, 5.74) is 1.06. The molecule has 0 spiro atoms. The van der Waals surface area contributed by atoms with Crippen molar-refractivity contribution in [2.24, 2.45) is 0 Å². The van der Waals surface area contributed by atoms with Crippen LogP contribution in [0, 0.1) is 0 Å². The summed E-state index contributed by atoms with van der Waals surface area (Å²) in [6.07, 6.45) is 3.22. The lowest BCUT2D eigenvalue weighted by Crippen LogP contribution is -2.40. The van der Waals surface area contributed by atoms with Gasteiger partial charge in [-0.1, -0.05) is 12.1 Å². The molecule has 1 radical (unpaired) electrons. The first-order chi connectivity index (χ1) is 9.33. The van der Waals surface area contributed by atoms with E-state index >= 15 is 0 Å². The van der Waals surface area contributed by atoms with Crippen molar-refractivity contribution in [2.75, 3.05) is 20.3 Å². The Morgan fingerprint density at radius 2 is 2.11 bits per heavy atom. The fourth-order valence-electron chi connectivity index (χ4n) is 1.72. The lowest BCUT2D eigenvalue weighted by Gasteiger charge is -2.13. The number of carbonyl (C=O) groups is 1. The van der Waals surface area contributed by atoms with E-state index in [9.17, 15) is 4.79 Å². The molecule has 0 N–H and O–H groups in total. The molecule has 0 fully saturated rings. The predicted molar refractivity (Wildman–Crippen MR) is 70.5 cm³/mol. The minimum atomic E-state index is -0.287. The highest BCUT2D eigenvalue weighted by Crippen LogP contribution is 2.14. The molecule has 19 heavy (non-hydrogen) atoms. The Labute approximate surface area is 113 Å². The lowest BCUT2D eigenvalue weighted by atomic mass is 10.0. The molecule has 0 aromatic heterocycles. The quantitative estimate of drug-likeness (QED) is 0.294.